The summed E-state index contributed by atoms with van der Waals surface area (Å²) in [5.41, 5.74) is 0.982. The lowest BCUT2D eigenvalue weighted by molar-refractivity contribution is -0.141. The van der Waals surface area contributed by atoms with Crippen LogP contribution in [0.25, 0.3) is 0 Å². The molecule has 1 saturated heterocycles. The van der Waals surface area contributed by atoms with Crippen molar-refractivity contribution >= 4 is 29.3 Å². The van der Waals surface area contributed by atoms with Crippen LogP contribution < -0.4 is 5.32 Å². The van der Waals surface area contributed by atoms with Crippen LogP contribution in [0, 0.1) is 23.7 Å². The summed E-state index contributed by atoms with van der Waals surface area (Å²) in [6.45, 7) is 0.645. The smallest absolute Gasteiger partial charge is 0.233 e. The second-order valence-electron chi connectivity index (χ2n) is 7.27. The monoisotopic (exact) mass is 372 g/mol. The summed E-state index contributed by atoms with van der Waals surface area (Å²) in [6.07, 6.45) is 5.85. The van der Waals surface area contributed by atoms with Crippen LogP contribution in [-0.2, 0) is 20.8 Å². The Morgan fingerprint density at radius 2 is 1.77 bits per heavy atom. The lowest BCUT2D eigenvalue weighted by Crippen LogP contribution is -2.37. The number of amides is 3. The predicted octanol–water partition coefficient (Wildman–Crippen LogP) is 2.20. The van der Waals surface area contributed by atoms with Crippen LogP contribution in [0.4, 0.5) is 0 Å². The largest absolute Gasteiger partial charge is 0.356 e. The Labute approximate surface area is 157 Å². The fourth-order valence-electron chi connectivity index (χ4n) is 4.52. The van der Waals surface area contributed by atoms with Crippen molar-refractivity contribution in [3.63, 3.8) is 0 Å². The molecule has 1 heterocycles. The number of hydrogen-bond donors (Lipinski definition) is 1. The average Bonchev–Trinajstić information content (AvgIpc) is 3.30. The van der Waals surface area contributed by atoms with Gasteiger partial charge in [0.25, 0.3) is 0 Å². The third kappa shape index (κ3) is 2.94. The molecule has 2 aliphatic carbocycles. The third-order valence-corrected chi connectivity index (χ3v) is 6.17. The molecule has 6 heteroatoms. The van der Waals surface area contributed by atoms with E-state index in [1.54, 1.807) is 0 Å². The topological polar surface area (TPSA) is 66.5 Å². The van der Waals surface area contributed by atoms with E-state index in [4.69, 9.17) is 11.6 Å². The molecule has 3 amide bonds. The molecule has 1 aromatic carbocycles. The zero-order valence-corrected chi connectivity index (χ0v) is 15.1. The molecule has 1 saturated carbocycles. The molecule has 2 bridgehead atoms. The Morgan fingerprint density at radius 3 is 2.42 bits per heavy atom. The SMILES string of the molecule is O=C(CCN1C(=O)[C@@H]2[C@H](C1=O)[C@H]1C=C[C@H]2C1)NCCc1ccccc1Cl. The van der Waals surface area contributed by atoms with Crippen molar-refractivity contribution in [3.05, 3.63) is 47.0 Å². The minimum atomic E-state index is -0.194. The number of nitrogens with one attached hydrogen (secondary N) is 1. The van der Waals surface area contributed by atoms with Crippen molar-refractivity contribution in [1.82, 2.24) is 10.2 Å². The van der Waals surface area contributed by atoms with E-state index in [-0.39, 0.29) is 54.4 Å². The summed E-state index contributed by atoms with van der Waals surface area (Å²) in [5, 5.41) is 3.52. The van der Waals surface area contributed by atoms with Gasteiger partial charge in [0, 0.05) is 24.5 Å². The van der Waals surface area contributed by atoms with Crippen LogP contribution in [0.3, 0.4) is 0 Å². The molecule has 0 radical (unpaired) electrons. The second kappa shape index (κ2) is 6.88. The van der Waals surface area contributed by atoms with Gasteiger partial charge in [-0.2, -0.15) is 0 Å². The summed E-state index contributed by atoms with van der Waals surface area (Å²) in [7, 11) is 0. The number of likely N-dealkylation sites (tertiary alicyclic amines) is 1. The number of carbonyl (C=O) groups is 3. The standard InChI is InChI=1S/C20H21ClN2O3/c21-15-4-2-1-3-12(15)7-9-22-16(24)8-10-23-19(25)17-13-5-6-14(11-13)18(17)20(23)26/h1-6,13-14,17-18H,7-11H2,(H,22,24)/t13-,14-,17-,18+/m0/s1. The van der Waals surface area contributed by atoms with Gasteiger partial charge in [-0.3, -0.25) is 19.3 Å². The van der Waals surface area contributed by atoms with E-state index < -0.39 is 0 Å². The molecule has 0 unspecified atom stereocenters. The number of hydrogen-bond acceptors (Lipinski definition) is 3. The molecular formula is C20H21ClN2O3. The lowest BCUT2D eigenvalue weighted by Gasteiger charge is -2.17. The summed E-state index contributed by atoms with van der Waals surface area (Å²) in [6, 6.07) is 7.53. The van der Waals surface area contributed by atoms with Crippen LogP contribution in [0.15, 0.2) is 36.4 Å². The van der Waals surface area contributed by atoms with Crippen LogP contribution in [0.5, 0.6) is 0 Å². The highest BCUT2D eigenvalue weighted by Gasteiger charge is 2.58. The minimum Gasteiger partial charge on any atom is -0.356 e. The number of fused-ring (bicyclic) bond motifs is 5. The Morgan fingerprint density at radius 1 is 1.12 bits per heavy atom. The van der Waals surface area contributed by atoms with E-state index in [1.165, 1.54) is 4.90 Å². The average molecular weight is 373 g/mol. The fourth-order valence-corrected chi connectivity index (χ4v) is 4.75. The van der Waals surface area contributed by atoms with Gasteiger partial charge in [-0.15, -0.1) is 0 Å². The minimum absolute atomic E-state index is 0.0966. The Balaban J connectivity index is 1.26. The summed E-state index contributed by atoms with van der Waals surface area (Å²) < 4.78 is 0. The highest BCUT2D eigenvalue weighted by atomic mass is 35.5. The van der Waals surface area contributed by atoms with E-state index in [9.17, 15) is 14.4 Å². The van der Waals surface area contributed by atoms with Gasteiger partial charge >= 0.3 is 0 Å². The first kappa shape index (κ1) is 17.3. The number of benzene rings is 1. The summed E-state index contributed by atoms with van der Waals surface area (Å²) in [4.78, 5) is 38.5. The number of carbonyl (C=O) groups excluding carboxylic acids is 3. The van der Waals surface area contributed by atoms with Crippen molar-refractivity contribution in [2.75, 3.05) is 13.1 Å². The highest BCUT2D eigenvalue weighted by Crippen LogP contribution is 2.52. The van der Waals surface area contributed by atoms with Gasteiger partial charge in [0.1, 0.15) is 0 Å². The molecule has 136 valence electrons. The molecule has 1 N–H and O–H groups in total. The van der Waals surface area contributed by atoms with E-state index in [0.29, 0.717) is 18.0 Å². The zero-order chi connectivity index (χ0) is 18.3. The molecule has 2 fully saturated rings. The predicted molar refractivity (Wildman–Crippen MR) is 97.2 cm³/mol. The van der Waals surface area contributed by atoms with E-state index in [1.807, 2.05) is 24.3 Å². The number of imide groups is 1. The van der Waals surface area contributed by atoms with E-state index in [0.717, 1.165) is 12.0 Å². The first-order chi connectivity index (χ1) is 12.6. The molecular weight excluding hydrogens is 352 g/mol. The molecule has 4 atom stereocenters. The van der Waals surface area contributed by atoms with Crippen LogP contribution >= 0.6 is 11.6 Å². The van der Waals surface area contributed by atoms with Gasteiger partial charge in [-0.05, 0) is 36.3 Å². The Bertz CT molecular complexity index is 761. The number of rotatable bonds is 6. The molecule has 1 aromatic rings. The maximum Gasteiger partial charge on any atom is 0.233 e. The molecule has 0 spiro atoms. The molecule has 26 heavy (non-hydrogen) atoms. The van der Waals surface area contributed by atoms with Crippen molar-refractivity contribution < 1.29 is 14.4 Å². The van der Waals surface area contributed by atoms with Crippen molar-refractivity contribution in [2.24, 2.45) is 23.7 Å². The first-order valence-corrected chi connectivity index (χ1v) is 9.47. The summed E-state index contributed by atoms with van der Waals surface area (Å²) in [5.74, 6) is -0.328. The van der Waals surface area contributed by atoms with Crippen molar-refractivity contribution in [3.8, 4) is 0 Å². The third-order valence-electron chi connectivity index (χ3n) is 5.80. The number of halogens is 1. The quantitative estimate of drug-likeness (QED) is 0.615. The maximum atomic E-state index is 12.6. The van der Waals surface area contributed by atoms with Crippen molar-refractivity contribution in [1.29, 1.82) is 0 Å². The molecule has 5 nitrogen and oxygen atoms in total. The van der Waals surface area contributed by atoms with Gasteiger partial charge < -0.3 is 5.32 Å². The fraction of sp³-hybridized carbons (Fsp3) is 0.450. The molecule has 3 aliphatic rings. The van der Waals surface area contributed by atoms with Gasteiger partial charge in [0.05, 0.1) is 11.8 Å². The van der Waals surface area contributed by atoms with Crippen LogP contribution in [-0.4, -0.2) is 35.7 Å². The first-order valence-electron chi connectivity index (χ1n) is 9.10. The molecule has 0 aromatic heterocycles. The van der Waals surface area contributed by atoms with Gasteiger partial charge in [-0.1, -0.05) is 42.0 Å². The number of nitrogens with zero attached hydrogens (tertiary/aromatic N) is 1. The van der Waals surface area contributed by atoms with Crippen LogP contribution in [0.2, 0.25) is 5.02 Å². The maximum absolute atomic E-state index is 12.6. The van der Waals surface area contributed by atoms with Gasteiger partial charge in [-0.25, -0.2) is 0 Å². The van der Waals surface area contributed by atoms with E-state index >= 15 is 0 Å². The Hall–Kier alpha value is -2.14. The van der Waals surface area contributed by atoms with Gasteiger partial charge in [0.2, 0.25) is 17.7 Å². The lowest BCUT2D eigenvalue weighted by atomic mass is 9.85. The second-order valence-corrected chi connectivity index (χ2v) is 7.68. The van der Waals surface area contributed by atoms with Crippen LogP contribution in [0.1, 0.15) is 18.4 Å². The highest BCUT2D eigenvalue weighted by molar-refractivity contribution is 6.31. The van der Waals surface area contributed by atoms with E-state index in [2.05, 4.69) is 17.5 Å². The Kier molecular flexibility index (Phi) is 4.57. The summed E-state index contributed by atoms with van der Waals surface area (Å²) >= 11 is 6.09. The van der Waals surface area contributed by atoms with Gasteiger partial charge in [0.15, 0.2) is 0 Å². The number of allylic oxidation sites excluding steroid dienone is 2. The normalized spacial score (nSPS) is 28.7. The van der Waals surface area contributed by atoms with Crippen molar-refractivity contribution in [2.45, 2.75) is 19.3 Å². The molecule has 4 rings (SSSR count). The zero-order valence-electron chi connectivity index (χ0n) is 14.4. The molecule has 1 aliphatic heterocycles.